The van der Waals surface area contributed by atoms with Crippen molar-refractivity contribution < 1.29 is 13.6 Å². The van der Waals surface area contributed by atoms with Crippen LogP contribution in [0.3, 0.4) is 0 Å². The molecule has 2 rings (SSSR count). The minimum Gasteiger partial charge on any atom is -0.322 e. The maximum atomic E-state index is 13.3. The summed E-state index contributed by atoms with van der Waals surface area (Å²) in [6.45, 7) is -0.272. The van der Waals surface area contributed by atoms with Gasteiger partial charge >= 0.3 is 0 Å². The molecule has 0 unspecified atom stereocenters. The maximum Gasteiger partial charge on any atom is 0.244 e. The number of carbonyl (C=O) groups is 1. The normalized spacial score (nSPS) is 9.95. The predicted octanol–water partition coefficient (Wildman–Crippen LogP) is 1.07. The van der Waals surface area contributed by atoms with Gasteiger partial charge in [-0.2, -0.15) is 5.26 Å². The van der Waals surface area contributed by atoms with Crippen LogP contribution in [0.1, 0.15) is 5.82 Å². The van der Waals surface area contributed by atoms with Gasteiger partial charge in [0.25, 0.3) is 0 Å². The molecule has 0 fully saturated rings. The largest absolute Gasteiger partial charge is 0.322 e. The summed E-state index contributed by atoms with van der Waals surface area (Å²) in [5.74, 6) is -2.09. The van der Waals surface area contributed by atoms with E-state index in [1.807, 2.05) is 0 Å². The van der Waals surface area contributed by atoms with Gasteiger partial charge in [0.1, 0.15) is 30.6 Å². The predicted molar refractivity (Wildman–Crippen MR) is 59.7 cm³/mol. The molecule has 1 aromatic carbocycles. The van der Waals surface area contributed by atoms with Crippen molar-refractivity contribution >= 4 is 11.6 Å². The fourth-order valence-electron chi connectivity index (χ4n) is 1.39. The second-order valence-electron chi connectivity index (χ2n) is 3.57. The molecule has 19 heavy (non-hydrogen) atoms. The van der Waals surface area contributed by atoms with E-state index in [1.54, 1.807) is 6.07 Å². The number of amides is 1. The molecular formula is C11H7F2N5O. The van der Waals surface area contributed by atoms with Crippen LogP contribution >= 0.6 is 0 Å². The van der Waals surface area contributed by atoms with Gasteiger partial charge in [-0.05, 0) is 12.1 Å². The number of aromatic nitrogens is 3. The average molecular weight is 263 g/mol. The zero-order valence-corrected chi connectivity index (χ0v) is 9.47. The number of halogens is 2. The number of nitrogens with zero attached hydrogens (tertiary/aromatic N) is 4. The van der Waals surface area contributed by atoms with Crippen molar-refractivity contribution in [1.82, 2.24) is 14.8 Å². The molecule has 1 aromatic heterocycles. The van der Waals surface area contributed by atoms with Crippen molar-refractivity contribution in [3.63, 3.8) is 0 Å². The van der Waals surface area contributed by atoms with Gasteiger partial charge in [-0.1, -0.05) is 0 Å². The highest BCUT2D eigenvalue weighted by molar-refractivity contribution is 5.90. The molecule has 0 saturated heterocycles. The van der Waals surface area contributed by atoms with Crippen LogP contribution in [0.2, 0.25) is 0 Å². The number of anilines is 1. The van der Waals surface area contributed by atoms with Crippen molar-refractivity contribution in [2.75, 3.05) is 5.32 Å². The molecule has 96 valence electrons. The van der Waals surface area contributed by atoms with Crippen molar-refractivity contribution in [2.24, 2.45) is 0 Å². The van der Waals surface area contributed by atoms with Gasteiger partial charge in [0, 0.05) is 6.07 Å². The number of nitriles is 1. The molecule has 8 heteroatoms. The van der Waals surface area contributed by atoms with Gasteiger partial charge in [-0.25, -0.2) is 8.78 Å². The summed E-state index contributed by atoms with van der Waals surface area (Å²) in [5, 5.41) is 17.8. The molecular weight excluding hydrogens is 256 g/mol. The Morgan fingerprint density at radius 3 is 3.00 bits per heavy atom. The third-order valence-electron chi connectivity index (χ3n) is 2.23. The number of carbonyl (C=O) groups excluding carboxylic acids is 1. The highest BCUT2D eigenvalue weighted by Crippen LogP contribution is 2.15. The van der Waals surface area contributed by atoms with Crippen LogP contribution < -0.4 is 5.32 Å². The molecule has 1 N–H and O–H groups in total. The third-order valence-corrected chi connectivity index (χ3v) is 2.23. The summed E-state index contributed by atoms with van der Waals surface area (Å²) < 4.78 is 27.4. The van der Waals surface area contributed by atoms with E-state index in [-0.39, 0.29) is 18.1 Å². The molecule has 0 spiro atoms. The third kappa shape index (κ3) is 2.90. The summed E-state index contributed by atoms with van der Waals surface area (Å²) in [6.07, 6.45) is 1.19. The van der Waals surface area contributed by atoms with Crippen LogP contribution in [-0.2, 0) is 11.3 Å². The van der Waals surface area contributed by atoms with E-state index >= 15 is 0 Å². The van der Waals surface area contributed by atoms with Crippen LogP contribution in [-0.4, -0.2) is 20.7 Å². The maximum absolute atomic E-state index is 13.3. The summed E-state index contributed by atoms with van der Waals surface area (Å²) in [4.78, 5) is 11.6. The topological polar surface area (TPSA) is 83.6 Å². The van der Waals surface area contributed by atoms with Crippen molar-refractivity contribution in [3.05, 3.63) is 42.0 Å². The number of nitrogens with one attached hydrogen (secondary N) is 1. The molecule has 1 amide bonds. The first-order valence-corrected chi connectivity index (χ1v) is 5.13. The number of hydrogen-bond acceptors (Lipinski definition) is 4. The first kappa shape index (κ1) is 12.6. The van der Waals surface area contributed by atoms with Gasteiger partial charge in [0.15, 0.2) is 0 Å². The molecule has 1 heterocycles. The molecule has 0 aliphatic carbocycles. The minimum atomic E-state index is -0.751. The average Bonchev–Trinajstić information content (AvgIpc) is 2.81. The summed E-state index contributed by atoms with van der Waals surface area (Å²) >= 11 is 0. The summed E-state index contributed by atoms with van der Waals surface area (Å²) in [6, 6.07) is 4.46. The van der Waals surface area contributed by atoms with Gasteiger partial charge in [-0.3, -0.25) is 9.36 Å². The molecule has 2 aromatic rings. The molecule has 0 aliphatic heterocycles. The first-order chi connectivity index (χ1) is 9.10. The Hall–Kier alpha value is -2.82. The molecule has 0 bridgehead atoms. The van der Waals surface area contributed by atoms with E-state index in [9.17, 15) is 13.6 Å². The Morgan fingerprint density at radius 1 is 1.47 bits per heavy atom. The van der Waals surface area contributed by atoms with E-state index in [0.29, 0.717) is 0 Å². The lowest BCUT2D eigenvalue weighted by molar-refractivity contribution is -0.116. The monoisotopic (exact) mass is 263 g/mol. The zero-order chi connectivity index (χ0) is 13.8. The highest BCUT2D eigenvalue weighted by atomic mass is 19.1. The van der Waals surface area contributed by atoms with E-state index in [1.165, 1.54) is 10.9 Å². The number of hydrogen-bond donors (Lipinski definition) is 1. The van der Waals surface area contributed by atoms with Crippen molar-refractivity contribution in [2.45, 2.75) is 6.54 Å². The van der Waals surface area contributed by atoms with Gasteiger partial charge in [0.2, 0.25) is 11.7 Å². The van der Waals surface area contributed by atoms with Crippen LogP contribution in [0.15, 0.2) is 24.5 Å². The number of benzene rings is 1. The Kier molecular flexibility index (Phi) is 3.47. The Morgan fingerprint density at radius 2 is 2.26 bits per heavy atom. The van der Waals surface area contributed by atoms with Crippen molar-refractivity contribution in [1.29, 1.82) is 5.26 Å². The Balaban J connectivity index is 2.10. The molecule has 0 radical (unpaired) electrons. The molecule has 0 atom stereocenters. The van der Waals surface area contributed by atoms with Crippen molar-refractivity contribution in [3.8, 4) is 6.07 Å². The molecule has 0 saturated carbocycles. The second kappa shape index (κ2) is 5.22. The minimum absolute atomic E-state index is 0.0464. The van der Waals surface area contributed by atoms with Crippen LogP contribution in [0.4, 0.5) is 14.5 Å². The molecule has 0 aliphatic rings. The molecule has 6 nitrogen and oxygen atoms in total. The lowest BCUT2D eigenvalue weighted by Crippen LogP contribution is -2.20. The lowest BCUT2D eigenvalue weighted by atomic mass is 10.3. The van der Waals surface area contributed by atoms with E-state index in [0.717, 1.165) is 18.2 Å². The highest BCUT2D eigenvalue weighted by Gasteiger charge is 2.11. The SMILES string of the molecule is N#Cc1nncn1CC(=O)Nc1cc(F)ccc1F. The van der Waals surface area contributed by atoms with E-state index in [2.05, 4.69) is 15.5 Å². The van der Waals surface area contributed by atoms with Crippen LogP contribution in [0.25, 0.3) is 0 Å². The van der Waals surface area contributed by atoms with Gasteiger partial charge in [0.05, 0.1) is 5.69 Å². The fourth-order valence-corrected chi connectivity index (χ4v) is 1.39. The van der Waals surface area contributed by atoms with Gasteiger partial charge < -0.3 is 5.32 Å². The first-order valence-electron chi connectivity index (χ1n) is 5.13. The standard InChI is InChI=1S/C11H7F2N5O/c12-7-1-2-8(13)9(3-7)16-11(19)5-18-6-15-17-10(18)4-14/h1-3,6H,5H2,(H,16,19). The smallest absolute Gasteiger partial charge is 0.244 e. The van der Waals surface area contributed by atoms with Crippen LogP contribution in [0.5, 0.6) is 0 Å². The summed E-state index contributed by atoms with van der Waals surface area (Å²) in [7, 11) is 0. The Labute approximate surface area is 106 Å². The Bertz CT molecular complexity index is 661. The van der Waals surface area contributed by atoms with Crippen LogP contribution in [0, 0.1) is 23.0 Å². The zero-order valence-electron chi connectivity index (χ0n) is 9.47. The quantitative estimate of drug-likeness (QED) is 0.897. The summed E-state index contributed by atoms with van der Waals surface area (Å²) in [5.41, 5.74) is -0.267. The number of rotatable bonds is 3. The van der Waals surface area contributed by atoms with Gasteiger partial charge in [-0.15, -0.1) is 10.2 Å². The fraction of sp³-hybridized carbons (Fsp3) is 0.0909. The van der Waals surface area contributed by atoms with E-state index in [4.69, 9.17) is 5.26 Å². The lowest BCUT2D eigenvalue weighted by Gasteiger charge is -2.07. The van der Waals surface area contributed by atoms with E-state index < -0.39 is 17.5 Å². The second-order valence-corrected chi connectivity index (χ2v) is 3.57.